The van der Waals surface area contributed by atoms with E-state index in [0.29, 0.717) is 0 Å². The zero-order valence-corrected chi connectivity index (χ0v) is 15.3. The third kappa shape index (κ3) is 10.0. The molecule has 0 aliphatic carbocycles. The van der Waals surface area contributed by atoms with Gasteiger partial charge < -0.3 is 0 Å². The first kappa shape index (κ1) is 19.3. The molecule has 0 bridgehead atoms. The first-order chi connectivity index (χ1) is 10.9. The third-order valence-electron chi connectivity index (χ3n) is 4.00. The molecule has 2 heteroatoms. The topological polar surface area (TPSA) is 3.88 Å². The first-order valence-electron chi connectivity index (χ1n) is 9.09. The van der Waals surface area contributed by atoms with Gasteiger partial charge in [-0.25, -0.2) is 4.57 Å². The van der Waals surface area contributed by atoms with Gasteiger partial charge in [0, 0.05) is 29.2 Å². The molecule has 0 aliphatic heterocycles. The Morgan fingerprint density at radius 2 is 1.45 bits per heavy atom. The molecule has 22 heavy (non-hydrogen) atoms. The maximum atomic E-state index is 3.76. The van der Waals surface area contributed by atoms with E-state index in [4.69, 9.17) is 0 Å². The minimum absolute atomic E-state index is 0.989. The van der Waals surface area contributed by atoms with E-state index in [0.717, 1.165) is 12.3 Å². The minimum atomic E-state index is 0.989. The quantitative estimate of drug-likeness (QED) is 0.171. The third-order valence-corrected chi connectivity index (χ3v) is 5.01. The fourth-order valence-corrected chi connectivity index (χ4v) is 3.25. The number of hydrogen-bond donors (Lipinski definition) is 0. The Bertz CT molecular complexity index is 372. The summed E-state index contributed by atoms with van der Waals surface area (Å²) in [5, 5.41) is 0. The van der Waals surface area contributed by atoms with E-state index in [2.05, 4.69) is 42.6 Å². The Balaban J connectivity index is 1.97. The first-order valence-corrected chi connectivity index (χ1v) is 10.1. The maximum Gasteiger partial charge on any atom is 0.169 e. The maximum absolute atomic E-state index is 3.76. The summed E-state index contributed by atoms with van der Waals surface area (Å²) in [4.78, 5) is 1.33. The molecule has 0 atom stereocenters. The summed E-state index contributed by atoms with van der Waals surface area (Å²) in [6.07, 6.45) is 20.4. The van der Waals surface area contributed by atoms with Crippen LogP contribution < -0.4 is 4.57 Å². The van der Waals surface area contributed by atoms with Crippen molar-refractivity contribution in [3.63, 3.8) is 0 Å². The molecule has 0 spiro atoms. The van der Waals surface area contributed by atoms with Crippen LogP contribution in [0.1, 0.15) is 71.1 Å². The van der Waals surface area contributed by atoms with Crippen molar-refractivity contribution in [3.05, 3.63) is 37.2 Å². The van der Waals surface area contributed by atoms with Gasteiger partial charge in [-0.1, -0.05) is 64.4 Å². The molecule has 0 unspecified atom stereocenters. The van der Waals surface area contributed by atoms with Crippen LogP contribution in [0.15, 0.2) is 42.1 Å². The molecule has 124 valence electrons. The molecule has 0 saturated carbocycles. The van der Waals surface area contributed by atoms with E-state index in [9.17, 15) is 0 Å². The molecule has 1 nitrogen and oxygen atoms in total. The predicted octanol–water partition coefficient (Wildman–Crippen LogP) is 6.17. The highest BCUT2D eigenvalue weighted by atomic mass is 32.2. The van der Waals surface area contributed by atoms with Crippen LogP contribution in [-0.2, 0) is 6.54 Å². The van der Waals surface area contributed by atoms with E-state index < -0.39 is 0 Å². The molecule has 0 radical (unpaired) electrons. The van der Waals surface area contributed by atoms with Crippen LogP contribution in [0.5, 0.6) is 0 Å². The van der Waals surface area contributed by atoms with Crippen LogP contribution in [0.4, 0.5) is 0 Å². The fourth-order valence-electron chi connectivity index (χ4n) is 2.63. The monoisotopic (exact) mass is 320 g/mol. The summed E-state index contributed by atoms with van der Waals surface area (Å²) < 4.78 is 2.31. The van der Waals surface area contributed by atoms with E-state index in [1.807, 2.05) is 17.8 Å². The van der Waals surface area contributed by atoms with Crippen LogP contribution in [-0.4, -0.2) is 5.75 Å². The lowest BCUT2D eigenvalue weighted by atomic mass is 10.1. The average molecular weight is 321 g/mol. The highest BCUT2D eigenvalue weighted by Gasteiger charge is 2.01. The lowest BCUT2D eigenvalue weighted by molar-refractivity contribution is -0.697. The van der Waals surface area contributed by atoms with Crippen LogP contribution in [0, 0.1) is 0 Å². The second-order valence-corrected chi connectivity index (χ2v) is 7.15. The molecule has 0 amide bonds. The number of rotatable bonds is 14. The minimum Gasteiger partial charge on any atom is -0.205 e. The number of nitrogens with zero attached hydrogens (tertiary/aromatic N) is 1. The summed E-state index contributed by atoms with van der Waals surface area (Å²) in [6.45, 7) is 7.20. The highest BCUT2D eigenvalue weighted by Crippen LogP contribution is 2.15. The number of pyridine rings is 1. The van der Waals surface area contributed by atoms with Crippen molar-refractivity contribution in [1.82, 2.24) is 0 Å². The van der Waals surface area contributed by atoms with Crippen molar-refractivity contribution in [2.75, 3.05) is 5.75 Å². The van der Waals surface area contributed by atoms with Crippen molar-refractivity contribution < 1.29 is 4.57 Å². The van der Waals surface area contributed by atoms with Gasteiger partial charge in [-0.3, -0.25) is 0 Å². The van der Waals surface area contributed by atoms with E-state index in [1.165, 1.54) is 69.1 Å². The van der Waals surface area contributed by atoms with Crippen LogP contribution in [0.2, 0.25) is 0 Å². The summed E-state index contributed by atoms with van der Waals surface area (Å²) in [5.74, 6) is 0.989. The Kier molecular flexibility index (Phi) is 12.2. The van der Waals surface area contributed by atoms with Crippen LogP contribution >= 0.6 is 11.8 Å². The largest absolute Gasteiger partial charge is 0.205 e. The highest BCUT2D eigenvalue weighted by molar-refractivity contribution is 7.99. The summed E-state index contributed by atoms with van der Waals surface area (Å²) in [6, 6.07) is 4.43. The van der Waals surface area contributed by atoms with E-state index >= 15 is 0 Å². The Labute approximate surface area is 142 Å². The Morgan fingerprint density at radius 1 is 0.909 bits per heavy atom. The van der Waals surface area contributed by atoms with Gasteiger partial charge in [0.25, 0.3) is 0 Å². The van der Waals surface area contributed by atoms with Gasteiger partial charge in [-0.05, 0) is 6.42 Å². The average Bonchev–Trinajstić information content (AvgIpc) is 2.56. The molecule has 1 aromatic rings. The molecule has 1 heterocycles. The van der Waals surface area contributed by atoms with E-state index in [1.54, 1.807) is 0 Å². The predicted molar refractivity (Wildman–Crippen MR) is 99.4 cm³/mol. The van der Waals surface area contributed by atoms with Crippen molar-refractivity contribution in [2.45, 2.75) is 82.6 Å². The van der Waals surface area contributed by atoms with Gasteiger partial charge in [0.05, 0.1) is 0 Å². The zero-order chi connectivity index (χ0) is 15.9. The fraction of sp³-hybridized carbons (Fsp3) is 0.650. The van der Waals surface area contributed by atoms with E-state index in [-0.39, 0.29) is 0 Å². The molecule has 0 saturated heterocycles. The Hall–Kier alpha value is -0.760. The van der Waals surface area contributed by atoms with Gasteiger partial charge >= 0.3 is 0 Å². The molecule has 0 aromatic carbocycles. The van der Waals surface area contributed by atoms with Gasteiger partial charge in [0.1, 0.15) is 6.54 Å². The molecular weight excluding hydrogens is 286 g/mol. The number of thioether (sulfide) groups is 1. The SMILES string of the molecule is C=CCSc1cc[n+](CCCCCCCCCCCC)cc1. The Morgan fingerprint density at radius 3 is 2.00 bits per heavy atom. The van der Waals surface area contributed by atoms with Gasteiger partial charge in [0.15, 0.2) is 12.4 Å². The summed E-state index contributed by atoms with van der Waals surface area (Å²) in [7, 11) is 0. The van der Waals surface area contributed by atoms with Gasteiger partial charge in [-0.2, -0.15) is 0 Å². The number of aryl methyl sites for hydroxylation is 1. The number of aromatic nitrogens is 1. The molecule has 0 aliphatic rings. The summed E-state index contributed by atoms with van der Waals surface area (Å²) >= 11 is 1.84. The molecule has 0 fully saturated rings. The molecule has 0 N–H and O–H groups in total. The standard InChI is InChI=1S/C20H34NS/c1-3-5-6-7-8-9-10-11-12-13-16-21-17-14-20(15-18-21)22-19-4-2/h4,14-15,17-18H,2-3,5-13,16,19H2,1H3/q+1. The van der Waals surface area contributed by atoms with Gasteiger partial charge in [-0.15, -0.1) is 18.3 Å². The lowest BCUT2D eigenvalue weighted by Gasteiger charge is -2.02. The molecule has 1 rings (SSSR count). The van der Waals surface area contributed by atoms with Crippen molar-refractivity contribution in [1.29, 1.82) is 0 Å². The number of hydrogen-bond acceptors (Lipinski definition) is 1. The van der Waals surface area contributed by atoms with Crippen molar-refractivity contribution in [3.8, 4) is 0 Å². The van der Waals surface area contributed by atoms with Crippen LogP contribution in [0.3, 0.4) is 0 Å². The van der Waals surface area contributed by atoms with Crippen molar-refractivity contribution >= 4 is 11.8 Å². The second kappa shape index (κ2) is 13.9. The smallest absolute Gasteiger partial charge is 0.169 e. The normalized spacial score (nSPS) is 10.8. The summed E-state index contributed by atoms with van der Waals surface area (Å²) in [5.41, 5.74) is 0. The molecule has 1 aromatic heterocycles. The van der Waals surface area contributed by atoms with Gasteiger partial charge in [0.2, 0.25) is 0 Å². The second-order valence-electron chi connectivity index (χ2n) is 6.05. The molecular formula is C20H34NS+. The van der Waals surface area contributed by atoms with Crippen LogP contribution in [0.25, 0.3) is 0 Å². The van der Waals surface area contributed by atoms with Crippen molar-refractivity contribution in [2.24, 2.45) is 0 Å². The zero-order valence-electron chi connectivity index (χ0n) is 14.4. The number of unbranched alkanes of at least 4 members (excludes halogenated alkanes) is 9. The lowest BCUT2D eigenvalue weighted by Crippen LogP contribution is -2.32.